The Bertz CT molecular complexity index is 284. The molecular formula is C10H16N2O. The van der Waals surface area contributed by atoms with Gasteiger partial charge in [-0.3, -0.25) is 0 Å². The minimum absolute atomic E-state index is 0.360. The third-order valence-corrected chi connectivity index (χ3v) is 1.79. The van der Waals surface area contributed by atoms with Gasteiger partial charge in [0.15, 0.2) is 0 Å². The third kappa shape index (κ3) is 2.95. The summed E-state index contributed by atoms with van der Waals surface area (Å²) in [5, 5.41) is 12.1. The molecule has 0 spiro atoms. The maximum atomic E-state index is 9.06. The predicted molar refractivity (Wildman–Crippen MR) is 55.8 cm³/mol. The van der Waals surface area contributed by atoms with Crippen molar-refractivity contribution in [1.82, 2.24) is 0 Å². The maximum Gasteiger partial charge on any atom is 0.0684 e. The SMILES string of the molecule is Cc1ccc(NCC(C)O)c(N)c1. The lowest BCUT2D eigenvalue weighted by molar-refractivity contribution is 0.208. The molecule has 0 saturated carbocycles. The van der Waals surface area contributed by atoms with Crippen LogP contribution in [0.5, 0.6) is 0 Å². The summed E-state index contributed by atoms with van der Waals surface area (Å²) in [6, 6.07) is 5.82. The molecule has 13 heavy (non-hydrogen) atoms. The van der Waals surface area contributed by atoms with Crippen molar-refractivity contribution in [1.29, 1.82) is 0 Å². The van der Waals surface area contributed by atoms with Gasteiger partial charge >= 0.3 is 0 Å². The van der Waals surface area contributed by atoms with Crippen molar-refractivity contribution < 1.29 is 5.11 Å². The summed E-state index contributed by atoms with van der Waals surface area (Å²) in [6.45, 7) is 4.25. The summed E-state index contributed by atoms with van der Waals surface area (Å²) in [6.07, 6.45) is -0.360. The van der Waals surface area contributed by atoms with Crippen LogP contribution >= 0.6 is 0 Å². The topological polar surface area (TPSA) is 58.3 Å². The Morgan fingerprint density at radius 2 is 2.23 bits per heavy atom. The number of hydrogen-bond donors (Lipinski definition) is 3. The fourth-order valence-electron chi connectivity index (χ4n) is 1.10. The van der Waals surface area contributed by atoms with Crippen LogP contribution in [0, 0.1) is 6.92 Å². The van der Waals surface area contributed by atoms with E-state index in [2.05, 4.69) is 5.32 Å². The fraction of sp³-hybridized carbons (Fsp3) is 0.400. The standard InChI is InChI=1S/C10H16N2O/c1-7-3-4-10(9(11)5-7)12-6-8(2)13/h3-5,8,12-13H,6,11H2,1-2H3. The summed E-state index contributed by atoms with van der Waals surface area (Å²) in [7, 11) is 0. The van der Waals surface area contributed by atoms with E-state index >= 15 is 0 Å². The van der Waals surface area contributed by atoms with Gasteiger partial charge in [0, 0.05) is 6.54 Å². The van der Waals surface area contributed by atoms with Crippen LogP contribution in [-0.4, -0.2) is 17.8 Å². The number of rotatable bonds is 3. The number of aliphatic hydroxyl groups excluding tert-OH is 1. The van der Waals surface area contributed by atoms with Crippen LogP contribution < -0.4 is 11.1 Å². The van der Waals surface area contributed by atoms with Crippen LogP contribution in [0.2, 0.25) is 0 Å². The summed E-state index contributed by atoms with van der Waals surface area (Å²) in [5.41, 5.74) is 8.51. The van der Waals surface area contributed by atoms with Crippen molar-refractivity contribution in [2.45, 2.75) is 20.0 Å². The van der Waals surface area contributed by atoms with Crippen molar-refractivity contribution in [3.63, 3.8) is 0 Å². The number of aryl methyl sites for hydroxylation is 1. The van der Waals surface area contributed by atoms with Crippen LogP contribution in [0.15, 0.2) is 18.2 Å². The monoisotopic (exact) mass is 180 g/mol. The average Bonchev–Trinajstić information content (AvgIpc) is 2.02. The molecule has 1 unspecified atom stereocenters. The Morgan fingerprint density at radius 1 is 1.54 bits per heavy atom. The second-order valence-corrected chi connectivity index (χ2v) is 3.32. The van der Waals surface area contributed by atoms with Crippen LogP contribution in [0.4, 0.5) is 11.4 Å². The largest absolute Gasteiger partial charge is 0.397 e. The molecular weight excluding hydrogens is 164 g/mol. The van der Waals surface area contributed by atoms with E-state index in [0.717, 1.165) is 16.9 Å². The number of nitrogens with two attached hydrogens (primary N) is 1. The highest BCUT2D eigenvalue weighted by Gasteiger charge is 1.99. The lowest BCUT2D eigenvalue weighted by Crippen LogP contribution is -2.16. The van der Waals surface area contributed by atoms with E-state index < -0.39 is 0 Å². The Morgan fingerprint density at radius 3 is 2.77 bits per heavy atom. The number of nitrogens with one attached hydrogen (secondary N) is 1. The first-order valence-corrected chi connectivity index (χ1v) is 4.37. The van der Waals surface area contributed by atoms with E-state index in [0.29, 0.717) is 6.54 Å². The van der Waals surface area contributed by atoms with Gasteiger partial charge in [0.25, 0.3) is 0 Å². The zero-order valence-electron chi connectivity index (χ0n) is 8.04. The first-order valence-electron chi connectivity index (χ1n) is 4.37. The molecule has 0 aliphatic carbocycles. The minimum Gasteiger partial charge on any atom is -0.397 e. The van der Waals surface area contributed by atoms with E-state index in [-0.39, 0.29) is 6.10 Å². The van der Waals surface area contributed by atoms with Crippen LogP contribution in [-0.2, 0) is 0 Å². The first-order chi connectivity index (χ1) is 6.09. The minimum atomic E-state index is -0.360. The highest BCUT2D eigenvalue weighted by Crippen LogP contribution is 2.18. The van der Waals surface area contributed by atoms with Gasteiger partial charge in [-0.25, -0.2) is 0 Å². The van der Waals surface area contributed by atoms with Gasteiger partial charge in [-0.05, 0) is 31.5 Å². The predicted octanol–water partition coefficient (Wildman–Crippen LogP) is 1.37. The molecule has 0 aliphatic rings. The van der Waals surface area contributed by atoms with Crippen molar-refractivity contribution >= 4 is 11.4 Å². The molecule has 3 nitrogen and oxygen atoms in total. The first kappa shape index (κ1) is 9.86. The van der Waals surface area contributed by atoms with Gasteiger partial charge < -0.3 is 16.2 Å². The van der Waals surface area contributed by atoms with Gasteiger partial charge in [0.2, 0.25) is 0 Å². The number of benzene rings is 1. The molecule has 1 atom stereocenters. The summed E-state index contributed by atoms with van der Waals surface area (Å²) >= 11 is 0. The van der Waals surface area contributed by atoms with Crippen molar-refractivity contribution in [3.05, 3.63) is 23.8 Å². The van der Waals surface area contributed by atoms with Crippen LogP contribution in [0.1, 0.15) is 12.5 Å². The molecule has 0 aliphatic heterocycles. The van der Waals surface area contributed by atoms with Crippen molar-refractivity contribution in [2.24, 2.45) is 0 Å². The molecule has 4 N–H and O–H groups in total. The van der Waals surface area contributed by atoms with Crippen molar-refractivity contribution in [2.75, 3.05) is 17.6 Å². The number of aliphatic hydroxyl groups is 1. The fourth-order valence-corrected chi connectivity index (χ4v) is 1.10. The quantitative estimate of drug-likeness (QED) is 0.616. The lowest BCUT2D eigenvalue weighted by atomic mass is 10.2. The van der Waals surface area contributed by atoms with Crippen LogP contribution in [0.25, 0.3) is 0 Å². The molecule has 1 aromatic rings. The molecule has 0 fully saturated rings. The number of anilines is 2. The summed E-state index contributed by atoms with van der Waals surface area (Å²) < 4.78 is 0. The summed E-state index contributed by atoms with van der Waals surface area (Å²) in [4.78, 5) is 0. The highest BCUT2D eigenvalue weighted by molar-refractivity contribution is 5.66. The Balaban J connectivity index is 2.67. The molecule has 0 amide bonds. The van der Waals surface area contributed by atoms with Gasteiger partial charge in [-0.1, -0.05) is 6.07 Å². The zero-order chi connectivity index (χ0) is 9.84. The zero-order valence-corrected chi connectivity index (χ0v) is 8.04. The number of nitrogen functional groups attached to an aromatic ring is 1. The smallest absolute Gasteiger partial charge is 0.0684 e. The number of hydrogen-bond acceptors (Lipinski definition) is 3. The van der Waals surface area contributed by atoms with E-state index in [1.165, 1.54) is 0 Å². The normalized spacial score (nSPS) is 12.5. The Labute approximate surface area is 78.6 Å². The Hall–Kier alpha value is -1.22. The van der Waals surface area contributed by atoms with E-state index in [9.17, 15) is 0 Å². The molecule has 1 aromatic carbocycles. The van der Waals surface area contributed by atoms with Gasteiger partial charge in [-0.15, -0.1) is 0 Å². The van der Waals surface area contributed by atoms with Gasteiger partial charge in [0.1, 0.15) is 0 Å². The van der Waals surface area contributed by atoms with Gasteiger partial charge in [0.05, 0.1) is 17.5 Å². The summed E-state index contributed by atoms with van der Waals surface area (Å²) in [5.74, 6) is 0. The molecule has 0 aromatic heterocycles. The molecule has 0 saturated heterocycles. The molecule has 1 rings (SSSR count). The molecule has 0 heterocycles. The lowest BCUT2D eigenvalue weighted by Gasteiger charge is -2.11. The molecule has 0 radical (unpaired) electrons. The Kier molecular flexibility index (Phi) is 3.14. The highest BCUT2D eigenvalue weighted by atomic mass is 16.3. The van der Waals surface area contributed by atoms with Crippen LogP contribution in [0.3, 0.4) is 0 Å². The average molecular weight is 180 g/mol. The molecule has 0 bridgehead atoms. The molecule has 3 heteroatoms. The second-order valence-electron chi connectivity index (χ2n) is 3.32. The van der Waals surface area contributed by atoms with Gasteiger partial charge in [-0.2, -0.15) is 0 Å². The maximum absolute atomic E-state index is 9.06. The van der Waals surface area contributed by atoms with E-state index in [1.807, 2.05) is 25.1 Å². The second kappa shape index (κ2) is 4.14. The molecule has 72 valence electrons. The van der Waals surface area contributed by atoms with Crippen molar-refractivity contribution in [3.8, 4) is 0 Å². The van der Waals surface area contributed by atoms with E-state index in [4.69, 9.17) is 10.8 Å². The van der Waals surface area contributed by atoms with E-state index in [1.54, 1.807) is 6.92 Å². The third-order valence-electron chi connectivity index (χ3n) is 1.79.